The maximum Gasteiger partial charge on any atom is 0.408 e. The van der Waals surface area contributed by atoms with Gasteiger partial charge >= 0.3 is 6.09 Å². The van der Waals surface area contributed by atoms with Crippen LogP contribution in [-0.4, -0.2) is 41.2 Å². The molecule has 0 bridgehead atoms. The van der Waals surface area contributed by atoms with Gasteiger partial charge in [0.05, 0.1) is 25.5 Å². The van der Waals surface area contributed by atoms with Crippen LogP contribution < -0.4 is 0 Å². The van der Waals surface area contributed by atoms with Crippen molar-refractivity contribution in [1.29, 1.82) is 0 Å². The SMILES string of the molecule is COC=CC1(C(C)(C)C)CC(F)(F)CN1C(=O)O. The summed E-state index contributed by atoms with van der Waals surface area (Å²) in [5.41, 5.74) is -1.93. The second kappa shape index (κ2) is 4.40. The van der Waals surface area contributed by atoms with Gasteiger partial charge in [-0.3, -0.25) is 4.90 Å². The molecule has 1 N–H and O–H groups in total. The molecule has 0 spiro atoms. The van der Waals surface area contributed by atoms with Gasteiger partial charge in [0.15, 0.2) is 0 Å². The number of amides is 1. The molecule has 1 aliphatic rings. The first kappa shape index (κ1) is 14.7. The summed E-state index contributed by atoms with van der Waals surface area (Å²) in [6.07, 6.45) is 0.808. The molecule has 1 amide bonds. The summed E-state index contributed by atoms with van der Waals surface area (Å²) in [6, 6.07) is 0. The molecule has 1 fully saturated rings. The predicted molar refractivity (Wildman–Crippen MR) is 62.6 cm³/mol. The van der Waals surface area contributed by atoms with E-state index in [1.807, 2.05) is 0 Å². The average molecular weight is 263 g/mol. The van der Waals surface area contributed by atoms with Crippen LogP contribution in [0.15, 0.2) is 12.3 Å². The topological polar surface area (TPSA) is 49.8 Å². The number of methoxy groups -OCH3 is 1. The molecule has 104 valence electrons. The normalized spacial score (nSPS) is 27.8. The number of carboxylic acid groups (broad SMARTS) is 1. The van der Waals surface area contributed by atoms with Crippen LogP contribution in [0, 0.1) is 5.41 Å². The standard InChI is InChI=1S/C12H19F2NO3/c1-10(2,3)11(5-6-18-4)7-12(13,14)8-15(11)9(16)17/h5-6H,7-8H2,1-4H3,(H,16,17). The summed E-state index contributed by atoms with van der Waals surface area (Å²) >= 11 is 0. The number of likely N-dealkylation sites (tertiary alicyclic amines) is 1. The average Bonchev–Trinajstić information content (AvgIpc) is 2.47. The highest BCUT2D eigenvalue weighted by Crippen LogP contribution is 2.50. The van der Waals surface area contributed by atoms with Crippen molar-refractivity contribution in [1.82, 2.24) is 4.90 Å². The van der Waals surface area contributed by atoms with Gasteiger partial charge in [-0.2, -0.15) is 0 Å². The molecule has 1 atom stereocenters. The van der Waals surface area contributed by atoms with Gasteiger partial charge < -0.3 is 9.84 Å². The zero-order chi connectivity index (χ0) is 14.2. The Labute approximate surface area is 105 Å². The van der Waals surface area contributed by atoms with Gasteiger partial charge in [-0.25, -0.2) is 13.6 Å². The quantitative estimate of drug-likeness (QED) is 0.779. The van der Waals surface area contributed by atoms with Crippen LogP contribution >= 0.6 is 0 Å². The minimum absolute atomic E-state index is 0.532. The zero-order valence-corrected chi connectivity index (χ0v) is 11.0. The molecule has 0 radical (unpaired) electrons. The minimum Gasteiger partial charge on any atom is -0.505 e. The fourth-order valence-electron chi connectivity index (χ4n) is 2.41. The molecule has 1 rings (SSSR count). The highest BCUT2D eigenvalue weighted by Gasteiger charge is 2.60. The van der Waals surface area contributed by atoms with Gasteiger partial charge in [-0.05, 0) is 11.5 Å². The van der Waals surface area contributed by atoms with E-state index in [4.69, 9.17) is 9.84 Å². The van der Waals surface area contributed by atoms with E-state index in [9.17, 15) is 13.6 Å². The summed E-state index contributed by atoms with van der Waals surface area (Å²) in [7, 11) is 1.39. The third kappa shape index (κ3) is 2.42. The van der Waals surface area contributed by atoms with Gasteiger partial charge in [-0.1, -0.05) is 20.8 Å². The van der Waals surface area contributed by atoms with Crippen LogP contribution in [0.2, 0.25) is 0 Å². The van der Waals surface area contributed by atoms with Crippen LogP contribution in [0.3, 0.4) is 0 Å². The lowest BCUT2D eigenvalue weighted by atomic mass is 9.71. The van der Waals surface area contributed by atoms with Crippen LogP contribution in [0.25, 0.3) is 0 Å². The van der Waals surface area contributed by atoms with Crippen LogP contribution in [-0.2, 0) is 4.74 Å². The predicted octanol–water partition coefficient (Wildman–Crippen LogP) is 2.95. The van der Waals surface area contributed by atoms with Gasteiger partial charge in [0.1, 0.15) is 0 Å². The lowest BCUT2D eigenvalue weighted by Gasteiger charge is -2.44. The molecule has 0 aromatic heterocycles. The molecule has 0 aromatic rings. The molecule has 4 nitrogen and oxygen atoms in total. The van der Waals surface area contributed by atoms with Gasteiger partial charge in [0, 0.05) is 6.42 Å². The Balaban J connectivity index is 3.31. The third-order valence-electron chi connectivity index (χ3n) is 3.41. The number of halogens is 2. The summed E-state index contributed by atoms with van der Waals surface area (Å²) in [5.74, 6) is -3.02. The van der Waals surface area contributed by atoms with Gasteiger partial charge in [-0.15, -0.1) is 0 Å². The van der Waals surface area contributed by atoms with E-state index in [0.29, 0.717) is 0 Å². The maximum atomic E-state index is 13.6. The van der Waals surface area contributed by atoms with Crippen LogP contribution in [0.4, 0.5) is 13.6 Å². The van der Waals surface area contributed by atoms with Crippen molar-refractivity contribution < 1.29 is 23.4 Å². The number of nitrogens with zero attached hydrogens (tertiary/aromatic N) is 1. The molecule has 1 saturated heterocycles. The van der Waals surface area contributed by atoms with Gasteiger partial charge in [0.2, 0.25) is 0 Å². The first-order valence-electron chi connectivity index (χ1n) is 5.65. The van der Waals surface area contributed by atoms with Crippen molar-refractivity contribution >= 4 is 6.09 Å². The molecular weight excluding hydrogens is 244 g/mol. The fraction of sp³-hybridized carbons (Fsp3) is 0.750. The molecule has 0 saturated carbocycles. The summed E-state index contributed by atoms with van der Waals surface area (Å²) in [6.45, 7) is 4.44. The van der Waals surface area contributed by atoms with Crippen molar-refractivity contribution in [3.63, 3.8) is 0 Å². The molecule has 18 heavy (non-hydrogen) atoms. The molecular formula is C12H19F2NO3. The second-order valence-electron chi connectivity index (χ2n) is 5.61. The van der Waals surface area contributed by atoms with Gasteiger partial charge in [0.25, 0.3) is 5.92 Å². The van der Waals surface area contributed by atoms with E-state index in [2.05, 4.69) is 0 Å². The number of hydrogen-bond donors (Lipinski definition) is 1. The van der Waals surface area contributed by atoms with E-state index < -0.39 is 35.9 Å². The minimum atomic E-state index is -3.02. The summed E-state index contributed by atoms with van der Waals surface area (Å²) in [4.78, 5) is 12.0. The van der Waals surface area contributed by atoms with Crippen molar-refractivity contribution in [2.45, 2.75) is 38.7 Å². The monoisotopic (exact) mass is 263 g/mol. The van der Waals surface area contributed by atoms with E-state index >= 15 is 0 Å². The Kier molecular flexibility index (Phi) is 3.60. The molecule has 1 aliphatic heterocycles. The molecule has 0 aliphatic carbocycles. The summed E-state index contributed by atoms with van der Waals surface area (Å²) in [5, 5.41) is 9.16. The maximum absolute atomic E-state index is 13.6. The van der Waals surface area contributed by atoms with Crippen molar-refractivity contribution in [3.05, 3.63) is 12.3 Å². The van der Waals surface area contributed by atoms with E-state index in [1.54, 1.807) is 20.8 Å². The Morgan fingerprint density at radius 3 is 2.39 bits per heavy atom. The van der Waals surface area contributed by atoms with E-state index in [1.165, 1.54) is 19.4 Å². The molecule has 1 heterocycles. The fourth-order valence-corrected chi connectivity index (χ4v) is 2.41. The Bertz CT molecular complexity index is 363. The van der Waals surface area contributed by atoms with Crippen LogP contribution in [0.5, 0.6) is 0 Å². The Morgan fingerprint density at radius 2 is 2.00 bits per heavy atom. The van der Waals surface area contributed by atoms with Crippen molar-refractivity contribution in [2.75, 3.05) is 13.7 Å². The zero-order valence-electron chi connectivity index (χ0n) is 11.0. The molecule has 6 heteroatoms. The number of rotatable bonds is 2. The number of alkyl halides is 2. The molecule has 1 unspecified atom stereocenters. The smallest absolute Gasteiger partial charge is 0.408 e. The Hall–Kier alpha value is -1.33. The largest absolute Gasteiger partial charge is 0.505 e. The van der Waals surface area contributed by atoms with Crippen molar-refractivity contribution in [3.8, 4) is 0 Å². The van der Waals surface area contributed by atoms with Crippen molar-refractivity contribution in [2.24, 2.45) is 5.41 Å². The third-order valence-corrected chi connectivity index (χ3v) is 3.41. The number of hydrogen-bond acceptors (Lipinski definition) is 2. The molecule has 0 aromatic carbocycles. The Morgan fingerprint density at radius 1 is 1.44 bits per heavy atom. The van der Waals surface area contributed by atoms with Crippen LogP contribution in [0.1, 0.15) is 27.2 Å². The highest BCUT2D eigenvalue weighted by molar-refractivity contribution is 5.68. The lowest BCUT2D eigenvalue weighted by Crippen LogP contribution is -2.53. The first-order chi connectivity index (χ1) is 8.06. The van der Waals surface area contributed by atoms with E-state index in [-0.39, 0.29) is 0 Å². The summed E-state index contributed by atoms with van der Waals surface area (Å²) < 4.78 is 32.0. The highest BCUT2D eigenvalue weighted by atomic mass is 19.3. The second-order valence-corrected chi connectivity index (χ2v) is 5.61. The number of carbonyl (C=O) groups is 1. The first-order valence-corrected chi connectivity index (χ1v) is 5.65. The number of ether oxygens (including phenoxy) is 1. The van der Waals surface area contributed by atoms with E-state index in [0.717, 1.165) is 4.90 Å². The lowest BCUT2D eigenvalue weighted by molar-refractivity contribution is 0.00989.